The summed E-state index contributed by atoms with van der Waals surface area (Å²) in [5.74, 6) is -0.145. The Morgan fingerprint density at radius 2 is 1.74 bits per heavy atom. The molecule has 0 atom stereocenters. The summed E-state index contributed by atoms with van der Waals surface area (Å²) in [6.45, 7) is 2.45. The summed E-state index contributed by atoms with van der Waals surface area (Å²) in [5.41, 5.74) is 2.96. The molecule has 0 amide bonds. The van der Waals surface area contributed by atoms with Crippen molar-refractivity contribution in [2.75, 3.05) is 6.54 Å². The molecule has 2 rings (SSSR count). The van der Waals surface area contributed by atoms with E-state index in [0.717, 1.165) is 12.8 Å². The SMILES string of the molecule is Cc1ccc(CCCNS(=O)(=O)Cc2ccc(Cl)cc2Cl)cc1. The van der Waals surface area contributed by atoms with Crippen LogP contribution in [0.3, 0.4) is 0 Å². The van der Waals surface area contributed by atoms with Crippen LogP contribution in [0.15, 0.2) is 42.5 Å². The van der Waals surface area contributed by atoms with Gasteiger partial charge >= 0.3 is 0 Å². The van der Waals surface area contributed by atoms with Gasteiger partial charge in [-0.25, -0.2) is 13.1 Å². The van der Waals surface area contributed by atoms with Crippen LogP contribution in [0.4, 0.5) is 0 Å². The molecule has 0 unspecified atom stereocenters. The van der Waals surface area contributed by atoms with Gasteiger partial charge in [0.2, 0.25) is 10.0 Å². The monoisotopic (exact) mass is 371 g/mol. The Morgan fingerprint density at radius 1 is 1.04 bits per heavy atom. The zero-order chi connectivity index (χ0) is 16.9. The number of sulfonamides is 1. The van der Waals surface area contributed by atoms with Gasteiger partial charge in [0, 0.05) is 16.6 Å². The van der Waals surface area contributed by atoms with E-state index in [1.165, 1.54) is 11.1 Å². The predicted molar refractivity (Wildman–Crippen MR) is 96.6 cm³/mol. The minimum absolute atomic E-state index is 0.145. The van der Waals surface area contributed by atoms with Crippen LogP contribution in [0.25, 0.3) is 0 Å². The molecule has 0 radical (unpaired) electrons. The summed E-state index contributed by atoms with van der Waals surface area (Å²) in [5, 5.41) is 0.852. The quantitative estimate of drug-likeness (QED) is 0.735. The van der Waals surface area contributed by atoms with Gasteiger partial charge in [0.15, 0.2) is 0 Å². The van der Waals surface area contributed by atoms with Crippen LogP contribution < -0.4 is 4.72 Å². The highest BCUT2D eigenvalue weighted by atomic mass is 35.5. The number of aryl methyl sites for hydroxylation is 2. The van der Waals surface area contributed by atoms with Crippen molar-refractivity contribution in [1.82, 2.24) is 4.72 Å². The molecule has 124 valence electrons. The van der Waals surface area contributed by atoms with Crippen LogP contribution in [0.2, 0.25) is 10.0 Å². The maximum absolute atomic E-state index is 12.1. The van der Waals surface area contributed by atoms with Crippen LogP contribution in [0.1, 0.15) is 23.1 Å². The molecule has 0 saturated heterocycles. The Bertz CT molecular complexity index is 759. The molecular weight excluding hydrogens is 353 g/mol. The summed E-state index contributed by atoms with van der Waals surface area (Å²) < 4.78 is 26.8. The summed E-state index contributed by atoms with van der Waals surface area (Å²) in [4.78, 5) is 0. The zero-order valence-electron chi connectivity index (χ0n) is 12.9. The van der Waals surface area contributed by atoms with Gasteiger partial charge in [-0.3, -0.25) is 0 Å². The fourth-order valence-electron chi connectivity index (χ4n) is 2.17. The van der Waals surface area contributed by atoms with Gasteiger partial charge in [0.25, 0.3) is 0 Å². The molecule has 0 aliphatic carbocycles. The summed E-state index contributed by atoms with van der Waals surface area (Å²) in [6.07, 6.45) is 1.58. The summed E-state index contributed by atoms with van der Waals surface area (Å²) >= 11 is 11.8. The average molecular weight is 372 g/mol. The second kappa shape index (κ2) is 8.15. The van der Waals surface area contributed by atoms with E-state index in [1.807, 2.05) is 6.92 Å². The first-order valence-electron chi connectivity index (χ1n) is 7.32. The highest BCUT2D eigenvalue weighted by Gasteiger charge is 2.13. The van der Waals surface area contributed by atoms with Gasteiger partial charge in [-0.1, -0.05) is 59.1 Å². The zero-order valence-corrected chi connectivity index (χ0v) is 15.2. The number of hydrogen-bond acceptors (Lipinski definition) is 2. The third kappa shape index (κ3) is 6.15. The first-order chi connectivity index (χ1) is 10.9. The lowest BCUT2D eigenvalue weighted by Gasteiger charge is -2.08. The van der Waals surface area contributed by atoms with E-state index in [0.29, 0.717) is 22.2 Å². The van der Waals surface area contributed by atoms with Crippen molar-refractivity contribution in [1.29, 1.82) is 0 Å². The van der Waals surface area contributed by atoms with Crippen molar-refractivity contribution in [3.05, 3.63) is 69.2 Å². The van der Waals surface area contributed by atoms with E-state index in [-0.39, 0.29) is 5.75 Å². The number of hydrogen-bond donors (Lipinski definition) is 1. The second-order valence-electron chi connectivity index (χ2n) is 5.48. The van der Waals surface area contributed by atoms with E-state index in [9.17, 15) is 8.42 Å². The number of halogens is 2. The molecule has 2 aromatic rings. The van der Waals surface area contributed by atoms with Crippen LogP contribution in [-0.4, -0.2) is 15.0 Å². The minimum Gasteiger partial charge on any atom is -0.215 e. The Labute approximate surface area is 147 Å². The van der Waals surface area contributed by atoms with Crippen molar-refractivity contribution >= 4 is 33.2 Å². The van der Waals surface area contributed by atoms with Gasteiger partial charge < -0.3 is 0 Å². The largest absolute Gasteiger partial charge is 0.215 e. The molecule has 0 heterocycles. The topological polar surface area (TPSA) is 46.2 Å². The van der Waals surface area contributed by atoms with E-state index in [2.05, 4.69) is 29.0 Å². The number of rotatable bonds is 7. The molecule has 0 bridgehead atoms. The molecule has 1 N–H and O–H groups in total. The molecule has 3 nitrogen and oxygen atoms in total. The van der Waals surface area contributed by atoms with Gasteiger partial charge in [-0.05, 0) is 43.0 Å². The summed E-state index contributed by atoms with van der Waals surface area (Å²) in [6, 6.07) is 13.1. The van der Waals surface area contributed by atoms with Crippen molar-refractivity contribution in [3.8, 4) is 0 Å². The molecule has 0 aliphatic heterocycles. The van der Waals surface area contributed by atoms with Gasteiger partial charge in [-0.2, -0.15) is 0 Å². The Kier molecular flexibility index (Phi) is 6.48. The van der Waals surface area contributed by atoms with Crippen LogP contribution in [-0.2, 0) is 22.2 Å². The normalized spacial score (nSPS) is 11.6. The molecule has 0 aromatic heterocycles. The predicted octanol–water partition coefficient (Wildman–Crippen LogP) is 4.35. The van der Waals surface area contributed by atoms with E-state index >= 15 is 0 Å². The Hall–Kier alpha value is -1.07. The van der Waals surface area contributed by atoms with Gasteiger partial charge in [0.1, 0.15) is 0 Å². The smallest absolute Gasteiger partial charge is 0.215 e. The molecule has 2 aromatic carbocycles. The van der Waals surface area contributed by atoms with Crippen molar-refractivity contribution in [3.63, 3.8) is 0 Å². The first-order valence-corrected chi connectivity index (χ1v) is 9.73. The highest BCUT2D eigenvalue weighted by Crippen LogP contribution is 2.22. The van der Waals surface area contributed by atoms with Gasteiger partial charge in [-0.15, -0.1) is 0 Å². The second-order valence-corrected chi connectivity index (χ2v) is 8.13. The third-order valence-corrected chi connectivity index (χ3v) is 5.37. The maximum atomic E-state index is 12.1. The maximum Gasteiger partial charge on any atom is 0.215 e. The lowest BCUT2D eigenvalue weighted by Crippen LogP contribution is -2.26. The fraction of sp³-hybridized carbons (Fsp3) is 0.294. The fourth-order valence-corrected chi connectivity index (χ4v) is 3.94. The number of benzene rings is 2. The lowest BCUT2D eigenvalue weighted by molar-refractivity contribution is 0.578. The molecular formula is C17H19Cl2NO2S. The van der Waals surface area contributed by atoms with Crippen LogP contribution in [0, 0.1) is 6.92 Å². The lowest BCUT2D eigenvalue weighted by atomic mass is 10.1. The number of nitrogens with one attached hydrogen (secondary N) is 1. The molecule has 0 spiro atoms. The van der Waals surface area contributed by atoms with Crippen molar-refractivity contribution in [2.24, 2.45) is 0 Å². The Morgan fingerprint density at radius 3 is 2.39 bits per heavy atom. The molecule has 0 saturated carbocycles. The first kappa shape index (κ1) is 18.3. The molecule has 0 fully saturated rings. The highest BCUT2D eigenvalue weighted by molar-refractivity contribution is 7.88. The van der Waals surface area contributed by atoms with E-state index < -0.39 is 10.0 Å². The Balaban J connectivity index is 1.83. The standard InChI is InChI=1S/C17H19Cl2NO2S/c1-13-4-6-14(7-5-13)3-2-10-20-23(21,22)12-15-8-9-16(18)11-17(15)19/h4-9,11,20H,2-3,10,12H2,1H3. The van der Waals surface area contributed by atoms with E-state index in [4.69, 9.17) is 23.2 Å². The van der Waals surface area contributed by atoms with Crippen LogP contribution in [0.5, 0.6) is 0 Å². The average Bonchev–Trinajstić information content (AvgIpc) is 2.48. The molecule has 6 heteroatoms. The molecule has 0 aliphatic rings. The third-order valence-electron chi connectivity index (χ3n) is 3.45. The van der Waals surface area contributed by atoms with Crippen molar-refractivity contribution in [2.45, 2.75) is 25.5 Å². The van der Waals surface area contributed by atoms with Gasteiger partial charge in [0.05, 0.1) is 5.75 Å². The van der Waals surface area contributed by atoms with Crippen molar-refractivity contribution < 1.29 is 8.42 Å². The minimum atomic E-state index is -3.41. The molecule has 23 heavy (non-hydrogen) atoms. The summed E-state index contributed by atoms with van der Waals surface area (Å²) in [7, 11) is -3.41. The van der Waals surface area contributed by atoms with E-state index in [1.54, 1.807) is 18.2 Å². The van der Waals surface area contributed by atoms with Crippen LogP contribution >= 0.6 is 23.2 Å².